The molecular formula is C10H6Br2N2O. The first-order chi connectivity index (χ1) is 7.24. The van der Waals surface area contributed by atoms with Crippen LogP contribution in [0.2, 0.25) is 0 Å². The molecule has 1 N–H and O–H groups in total. The van der Waals surface area contributed by atoms with Crippen LogP contribution in [-0.2, 0) is 0 Å². The number of pyridine rings is 1. The summed E-state index contributed by atoms with van der Waals surface area (Å²) < 4.78 is 6.50. The van der Waals surface area contributed by atoms with E-state index >= 15 is 0 Å². The second-order valence-electron chi connectivity index (χ2n) is 3.26. The zero-order valence-electron chi connectivity index (χ0n) is 7.50. The summed E-state index contributed by atoms with van der Waals surface area (Å²) in [6, 6.07) is 1.87. The average molecular weight is 330 g/mol. The van der Waals surface area contributed by atoms with Crippen molar-refractivity contribution in [1.82, 2.24) is 10.3 Å². The van der Waals surface area contributed by atoms with E-state index in [2.05, 4.69) is 42.2 Å². The molecule has 3 heterocycles. The summed E-state index contributed by atoms with van der Waals surface area (Å²) in [6.45, 7) is 0. The minimum absolute atomic E-state index is 0.127. The number of nitrogens with one attached hydrogen (secondary N) is 1. The van der Waals surface area contributed by atoms with E-state index in [9.17, 15) is 0 Å². The van der Waals surface area contributed by atoms with Crippen LogP contribution in [0.5, 0.6) is 0 Å². The van der Waals surface area contributed by atoms with Gasteiger partial charge in [0.15, 0.2) is 0 Å². The molecule has 76 valence electrons. The van der Waals surface area contributed by atoms with E-state index in [0.29, 0.717) is 0 Å². The van der Waals surface area contributed by atoms with Gasteiger partial charge in [-0.25, -0.2) is 4.98 Å². The predicted octanol–water partition coefficient (Wildman–Crippen LogP) is 1.43. The number of aromatic nitrogens is 1. The van der Waals surface area contributed by atoms with Crippen molar-refractivity contribution < 1.29 is 4.42 Å². The minimum atomic E-state index is 0.127. The van der Waals surface area contributed by atoms with Gasteiger partial charge in [0.05, 0.1) is 0 Å². The van der Waals surface area contributed by atoms with Gasteiger partial charge in [0.25, 0.3) is 0 Å². The van der Waals surface area contributed by atoms with Crippen molar-refractivity contribution in [3.63, 3.8) is 0 Å². The highest BCUT2D eigenvalue weighted by Gasteiger charge is 2.09. The fourth-order valence-corrected chi connectivity index (χ4v) is 2.31. The average Bonchev–Trinajstić information content (AvgIpc) is 2.53. The number of hydrogen-bond donors (Lipinski definition) is 1. The monoisotopic (exact) mass is 328 g/mol. The van der Waals surface area contributed by atoms with Gasteiger partial charge < -0.3 is 9.73 Å². The number of fused-ring (bicyclic) bond motifs is 3. The van der Waals surface area contributed by atoms with E-state index in [1.54, 1.807) is 0 Å². The molecule has 1 unspecified atom stereocenters. The topological polar surface area (TPSA) is 38.1 Å². The summed E-state index contributed by atoms with van der Waals surface area (Å²) in [7, 11) is 0. The Morgan fingerprint density at radius 2 is 2.33 bits per heavy atom. The van der Waals surface area contributed by atoms with E-state index in [-0.39, 0.29) is 4.95 Å². The van der Waals surface area contributed by atoms with Gasteiger partial charge in [-0.15, -0.1) is 0 Å². The van der Waals surface area contributed by atoms with Crippen LogP contribution in [0.4, 0.5) is 0 Å². The van der Waals surface area contributed by atoms with Crippen LogP contribution in [0.25, 0.3) is 23.2 Å². The Bertz CT molecular complexity index is 647. The van der Waals surface area contributed by atoms with Crippen molar-refractivity contribution in [2.24, 2.45) is 0 Å². The SMILES string of the molecule is Brc1cc2oc3c(c2cn1)=CNC(Br)C=3. The number of nitrogens with zero attached hydrogens (tertiary/aromatic N) is 1. The molecule has 0 spiro atoms. The van der Waals surface area contributed by atoms with Crippen LogP contribution in [-0.4, -0.2) is 9.94 Å². The maximum Gasteiger partial charge on any atom is 0.139 e. The smallest absolute Gasteiger partial charge is 0.139 e. The van der Waals surface area contributed by atoms with E-state index in [0.717, 1.165) is 26.2 Å². The Labute approximate surface area is 102 Å². The van der Waals surface area contributed by atoms with Crippen LogP contribution < -0.4 is 16.0 Å². The zero-order valence-corrected chi connectivity index (χ0v) is 10.7. The van der Waals surface area contributed by atoms with Crippen molar-refractivity contribution >= 4 is 55.1 Å². The Kier molecular flexibility index (Phi) is 2.10. The molecule has 3 rings (SSSR count). The van der Waals surface area contributed by atoms with Gasteiger partial charge in [0, 0.05) is 29.1 Å². The third-order valence-corrected chi connectivity index (χ3v) is 3.26. The summed E-state index contributed by atoms with van der Waals surface area (Å²) in [4.78, 5) is 4.32. The Hall–Kier alpha value is -0.810. The first-order valence-electron chi connectivity index (χ1n) is 4.40. The van der Waals surface area contributed by atoms with Gasteiger partial charge in [0.1, 0.15) is 20.6 Å². The molecule has 0 bridgehead atoms. The van der Waals surface area contributed by atoms with Crippen molar-refractivity contribution in [3.8, 4) is 0 Å². The maximum atomic E-state index is 5.71. The number of alkyl halides is 1. The molecule has 5 heteroatoms. The van der Waals surface area contributed by atoms with Crippen LogP contribution in [0, 0.1) is 0 Å². The van der Waals surface area contributed by atoms with Gasteiger partial charge in [-0.3, -0.25) is 0 Å². The number of hydrogen-bond acceptors (Lipinski definition) is 3. The molecule has 0 saturated heterocycles. The molecule has 0 aromatic carbocycles. The summed E-state index contributed by atoms with van der Waals surface area (Å²) >= 11 is 6.77. The molecule has 2 aromatic heterocycles. The van der Waals surface area contributed by atoms with Crippen LogP contribution >= 0.6 is 31.9 Å². The molecule has 1 atom stereocenters. The molecule has 0 radical (unpaired) electrons. The zero-order chi connectivity index (χ0) is 10.4. The molecule has 1 aliphatic rings. The predicted molar refractivity (Wildman–Crippen MR) is 65.7 cm³/mol. The molecule has 15 heavy (non-hydrogen) atoms. The van der Waals surface area contributed by atoms with Crippen LogP contribution in [0.1, 0.15) is 0 Å². The van der Waals surface area contributed by atoms with Crippen molar-refractivity contribution in [2.75, 3.05) is 0 Å². The largest absolute Gasteiger partial charge is 0.456 e. The number of halogens is 2. The summed E-state index contributed by atoms with van der Waals surface area (Å²) in [5.74, 6) is 0. The van der Waals surface area contributed by atoms with Crippen molar-refractivity contribution in [1.29, 1.82) is 0 Å². The number of rotatable bonds is 0. The molecule has 1 aliphatic heterocycles. The first-order valence-corrected chi connectivity index (χ1v) is 6.11. The molecule has 0 aliphatic carbocycles. The summed E-state index contributed by atoms with van der Waals surface area (Å²) in [5, 5.41) is 5.25. The highest BCUT2D eigenvalue weighted by atomic mass is 79.9. The van der Waals surface area contributed by atoms with E-state index in [1.807, 2.05) is 24.5 Å². The van der Waals surface area contributed by atoms with Crippen molar-refractivity contribution in [2.45, 2.75) is 4.95 Å². The Balaban J connectivity index is 2.47. The second-order valence-corrected chi connectivity index (χ2v) is 5.06. The fourth-order valence-electron chi connectivity index (χ4n) is 1.62. The third kappa shape index (κ3) is 1.50. The lowest BCUT2D eigenvalue weighted by Gasteiger charge is -2.05. The normalized spacial score (nSPS) is 18.9. The molecule has 3 nitrogen and oxygen atoms in total. The van der Waals surface area contributed by atoms with Crippen LogP contribution in [0.3, 0.4) is 0 Å². The lowest BCUT2D eigenvalue weighted by atomic mass is 10.2. The molecule has 0 saturated carbocycles. The van der Waals surface area contributed by atoms with Gasteiger partial charge in [0.2, 0.25) is 0 Å². The summed E-state index contributed by atoms with van der Waals surface area (Å²) in [5.41, 5.74) is 1.73. The fraction of sp³-hybridized carbons (Fsp3) is 0.100. The molecular weight excluding hydrogens is 324 g/mol. The van der Waals surface area contributed by atoms with Gasteiger partial charge in [-0.2, -0.15) is 0 Å². The standard InChI is InChI=1S/C10H6Br2N2O/c11-9-1-7-5(3-13-9)6-4-14-10(12)2-8(6)15-7/h1-4,9,13H. The van der Waals surface area contributed by atoms with Crippen molar-refractivity contribution in [3.05, 3.63) is 27.5 Å². The number of furan rings is 1. The lowest BCUT2D eigenvalue weighted by molar-refractivity contribution is 0.570. The highest BCUT2D eigenvalue weighted by Crippen LogP contribution is 2.13. The lowest BCUT2D eigenvalue weighted by Crippen LogP contribution is -2.33. The van der Waals surface area contributed by atoms with E-state index in [1.165, 1.54) is 0 Å². The quantitative estimate of drug-likeness (QED) is 0.451. The minimum Gasteiger partial charge on any atom is -0.456 e. The van der Waals surface area contributed by atoms with Gasteiger partial charge >= 0.3 is 0 Å². The Morgan fingerprint density at radius 3 is 3.20 bits per heavy atom. The molecule has 2 aromatic rings. The maximum absolute atomic E-state index is 5.71. The van der Waals surface area contributed by atoms with Gasteiger partial charge in [-0.1, -0.05) is 15.9 Å². The van der Waals surface area contributed by atoms with Crippen LogP contribution in [0.15, 0.2) is 21.3 Å². The molecule has 0 fully saturated rings. The van der Waals surface area contributed by atoms with E-state index in [4.69, 9.17) is 4.42 Å². The van der Waals surface area contributed by atoms with E-state index < -0.39 is 0 Å². The third-order valence-electron chi connectivity index (χ3n) is 2.29. The highest BCUT2D eigenvalue weighted by molar-refractivity contribution is 9.10. The van der Waals surface area contributed by atoms with Gasteiger partial charge in [-0.05, 0) is 22.0 Å². The Morgan fingerprint density at radius 1 is 1.47 bits per heavy atom. The second kappa shape index (κ2) is 3.35. The summed E-state index contributed by atoms with van der Waals surface area (Å²) in [6.07, 6.45) is 5.74. The first kappa shape index (κ1) is 9.42. The molecule has 0 amide bonds.